The quantitative estimate of drug-likeness (QED) is 0.830. The molecule has 1 aliphatic carbocycles. The van der Waals surface area contributed by atoms with Gasteiger partial charge in [0.1, 0.15) is 5.82 Å². The van der Waals surface area contributed by atoms with Gasteiger partial charge in [-0.05, 0) is 57.2 Å². The van der Waals surface area contributed by atoms with E-state index < -0.39 is 5.97 Å². The van der Waals surface area contributed by atoms with Crippen LogP contribution in [0.15, 0.2) is 30.5 Å². The van der Waals surface area contributed by atoms with Gasteiger partial charge in [-0.2, -0.15) is 5.26 Å². The molecule has 1 saturated carbocycles. The molecule has 1 aromatic heterocycles. The number of hydrogen-bond donors (Lipinski definition) is 2. The zero-order valence-electron chi connectivity index (χ0n) is 16.9. The van der Waals surface area contributed by atoms with Crippen LogP contribution in [0.4, 0.5) is 0 Å². The van der Waals surface area contributed by atoms with Gasteiger partial charge in [-0.1, -0.05) is 24.3 Å². The van der Waals surface area contributed by atoms with E-state index in [0.29, 0.717) is 5.92 Å². The van der Waals surface area contributed by atoms with Crippen molar-refractivity contribution in [2.45, 2.75) is 49.9 Å². The Morgan fingerprint density at radius 2 is 1.86 bits per heavy atom. The minimum atomic E-state index is -0.673. The summed E-state index contributed by atoms with van der Waals surface area (Å²) in [5, 5.41) is 22.3. The van der Waals surface area contributed by atoms with Gasteiger partial charge >= 0.3 is 5.97 Å². The molecule has 2 aromatic rings. The van der Waals surface area contributed by atoms with Crippen LogP contribution in [0.1, 0.15) is 55.8 Å². The largest absolute Gasteiger partial charge is 0.481 e. The third-order valence-corrected chi connectivity index (χ3v) is 6.76. The number of aryl methyl sites for hydroxylation is 1. The van der Waals surface area contributed by atoms with E-state index in [1.54, 1.807) is 0 Å². The second kappa shape index (κ2) is 8.00. The topological polar surface area (TPSA) is 90.9 Å². The number of hydrogen-bond acceptors (Lipinski definition) is 4. The summed E-state index contributed by atoms with van der Waals surface area (Å²) in [6.45, 7) is 1.76. The normalized spacial score (nSPS) is 24.0. The fourth-order valence-electron chi connectivity index (χ4n) is 4.88. The van der Waals surface area contributed by atoms with E-state index in [4.69, 9.17) is 4.98 Å². The molecule has 2 aliphatic rings. The number of aromatic nitrogens is 2. The number of imidazole rings is 1. The monoisotopic (exact) mass is 392 g/mol. The Morgan fingerprint density at radius 1 is 1.21 bits per heavy atom. The lowest BCUT2D eigenvalue weighted by molar-refractivity contribution is -0.142. The SMILES string of the molecule is Cn1cc(-c2ccc(C3(C#N)CCNCC3)cc2)nc1C1CCC(C(=O)O)CC1. The molecule has 6 nitrogen and oxygen atoms in total. The van der Waals surface area contributed by atoms with Crippen molar-refractivity contribution in [1.29, 1.82) is 5.26 Å². The molecular formula is C23H28N4O2. The molecule has 4 rings (SSSR count). The van der Waals surface area contributed by atoms with Crippen LogP contribution in [0, 0.1) is 17.2 Å². The fraction of sp³-hybridized carbons (Fsp3) is 0.522. The lowest BCUT2D eigenvalue weighted by atomic mass is 9.74. The van der Waals surface area contributed by atoms with Crippen LogP contribution in [0.5, 0.6) is 0 Å². The zero-order valence-corrected chi connectivity index (χ0v) is 16.9. The number of nitriles is 1. The van der Waals surface area contributed by atoms with Crippen LogP contribution in [0.3, 0.4) is 0 Å². The Morgan fingerprint density at radius 3 is 2.45 bits per heavy atom. The number of carbonyl (C=O) groups is 1. The fourth-order valence-corrected chi connectivity index (χ4v) is 4.88. The number of aliphatic carboxylic acids is 1. The Hall–Kier alpha value is -2.65. The molecule has 29 heavy (non-hydrogen) atoms. The highest BCUT2D eigenvalue weighted by molar-refractivity contribution is 5.70. The average Bonchev–Trinajstić information content (AvgIpc) is 3.16. The number of carboxylic acids is 1. The maximum absolute atomic E-state index is 11.2. The number of benzene rings is 1. The van der Waals surface area contributed by atoms with Gasteiger partial charge in [-0.25, -0.2) is 4.98 Å². The van der Waals surface area contributed by atoms with Gasteiger partial charge in [0, 0.05) is 24.7 Å². The van der Waals surface area contributed by atoms with Crippen molar-refractivity contribution in [3.8, 4) is 17.3 Å². The number of nitrogens with zero attached hydrogens (tertiary/aromatic N) is 3. The molecule has 6 heteroatoms. The number of piperidine rings is 1. The summed E-state index contributed by atoms with van der Waals surface area (Å²) in [6.07, 6.45) is 6.94. The lowest BCUT2D eigenvalue weighted by Crippen LogP contribution is -2.38. The molecule has 1 aromatic carbocycles. The molecule has 1 saturated heterocycles. The third kappa shape index (κ3) is 3.79. The molecule has 0 radical (unpaired) electrons. The van der Waals surface area contributed by atoms with Crippen molar-refractivity contribution in [2.75, 3.05) is 13.1 Å². The van der Waals surface area contributed by atoms with Crippen LogP contribution in [-0.4, -0.2) is 33.7 Å². The molecule has 152 valence electrons. The van der Waals surface area contributed by atoms with E-state index in [0.717, 1.165) is 74.3 Å². The van der Waals surface area contributed by atoms with E-state index in [2.05, 4.69) is 46.4 Å². The molecule has 2 fully saturated rings. The van der Waals surface area contributed by atoms with Crippen molar-refractivity contribution in [3.05, 3.63) is 41.9 Å². The third-order valence-electron chi connectivity index (χ3n) is 6.76. The number of rotatable bonds is 4. The first-order chi connectivity index (χ1) is 14.0. The smallest absolute Gasteiger partial charge is 0.306 e. The summed E-state index contributed by atoms with van der Waals surface area (Å²) in [4.78, 5) is 16.1. The van der Waals surface area contributed by atoms with Crippen LogP contribution in [0.2, 0.25) is 0 Å². The van der Waals surface area contributed by atoms with Gasteiger partial charge in [0.05, 0.1) is 23.1 Å². The Bertz CT molecular complexity index is 911. The molecular weight excluding hydrogens is 364 g/mol. The molecule has 0 atom stereocenters. The van der Waals surface area contributed by atoms with Gasteiger partial charge in [0.15, 0.2) is 0 Å². The second-order valence-corrected chi connectivity index (χ2v) is 8.50. The summed E-state index contributed by atoms with van der Waals surface area (Å²) in [5.41, 5.74) is 2.69. The highest BCUT2D eigenvalue weighted by atomic mass is 16.4. The van der Waals surface area contributed by atoms with Gasteiger partial charge in [0.2, 0.25) is 0 Å². The molecule has 0 amide bonds. The van der Waals surface area contributed by atoms with Gasteiger partial charge in [0.25, 0.3) is 0 Å². The van der Waals surface area contributed by atoms with Gasteiger partial charge < -0.3 is 15.0 Å². The molecule has 0 spiro atoms. The molecule has 0 unspecified atom stereocenters. The van der Waals surface area contributed by atoms with E-state index in [1.807, 2.05) is 7.05 Å². The summed E-state index contributed by atoms with van der Waals surface area (Å²) in [5.74, 6) is 0.480. The first-order valence-electron chi connectivity index (χ1n) is 10.5. The molecule has 0 bridgehead atoms. The average molecular weight is 393 g/mol. The molecule has 2 N–H and O–H groups in total. The van der Waals surface area contributed by atoms with Crippen molar-refractivity contribution in [1.82, 2.24) is 14.9 Å². The molecule has 1 aliphatic heterocycles. The van der Waals surface area contributed by atoms with Crippen LogP contribution >= 0.6 is 0 Å². The summed E-state index contributed by atoms with van der Waals surface area (Å²) >= 11 is 0. The van der Waals surface area contributed by atoms with Crippen LogP contribution in [0.25, 0.3) is 11.3 Å². The highest BCUT2D eigenvalue weighted by Gasteiger charge is 2.34. The van der Waals surface area contributed by atoms with Crippen LogP contribution < -0.4 is 5.32 Å². The maximum Gasteiger partial charge on any atom is 0.306 e. The first-order valence-corrected chi connectivity index (χ1v) is 10.5. The van der Waals surface area contributed by atoms with Crippen molar-refractivity contribution in [2.24, 2.45) is 13.0 Å². The minimum Gasteiger partial charge on any atom is -0.481 e. The van der Waals surface area contributed by atoms with Crippen molar-refractivity contribution >= 4 is 5.97 Å². The summed E-state index contributed by atoms with van der Waals surface area (Å²) < 4.78 is 2.08. The van der Waals surface area contributed by atoms with Crippen molar-refractivity contribution in [3.63, 3.8) is 0 Å². The maximum atomic E-state index is 11.2. The highest BCUT2D eigenvalue weighted by Crippen LogP contribution is 2.37. The Kier molecular flexibility index (Phi) is 5.42. The predicted octanol–water partition coefficient (Wildman–Crippen LogP) is 3.59. The van der Waals surface area contributed by atoms with E-state index in [1.165, 1.54) is 0 Å². The first kappa shape index (κ1) is 19.7. The Balaban J connectivity index is 1.52. The number of nitrogens with one attached hydrogen (secondary N) is 1. The predicted molar refractivity (Wildman–Crippen MR) is 110 cm³/mol. The zero-order chi connectivity index (χ0) is 20.4. The second-order valence-electron chi connectivity index (χ2n) is 8.50. The van der Waals surface area contributed by atoms with Crippen molar-refractivity contribution < 1.29 is 9.90 Å². The van der Waals surface area contributed by atoms with E-state index >= 15 is 0 Å². The van der Waals surface area contributed by atoms with E-state index in [9.17, 15) is 15.2 Å². The number of carboxylic acid groups (broad SMARTS) is 1. The van der Waals surface area contributed by atoms with E-state index in [-0.39, 0.29) is 11.3 Å². The Labute approximate surface area is 171 Å². The minimum absolute atomic E-state index is 0.207. The standard InChI is InChI=1S/C23H28N4O2/c1-27-14-20(26-21(27)17-2-4-18(5-3-17)22(28)29)16-6-8-19(9-7-16)23(15-24)10-12-25-13-11-23/h6-9,14,17-18,25H,2-5,10-13H2,1H3,(H,28,29). The van der Waals surface area contributed by atoms with Crippen LogP contribution in [-0.2, 0) is 17.3 Å². The summed E-state index contributed by atoms with van der Waals surface area (Å²) in [6, 6.07) is 10.9. The van der Waals surface area contributed by atoms with Gasteiger partial charge in [-0.3, -0.25) is 4.79 Å². The van der Waals surface area contributed by atoms with Gasteiger partial charge in [-0.15, -0.1) is 0 Å². The lowest BCUT2D eigenvalue weighted by Gasteiger charge is -2.31. The molecule has 2 heterocycles. The summed E-state index contributed by atoms with van der Waals surface area (Å²) in [7, 11) is 2.02.